The Labute approximate surface area is 163 Å². The summed E-state index contributed by atoms with van der Waals surface area (Å²) in [6, 6.07) is 10.8. The van der Waals surface area contributed by atoms with E-state index in [4.69, 9.17) is 10.00 Å². The van der Waals surface area contributed by atoms with E-state index in [1.807, 2.05) is 12.1 Å². The first-order valence-corrected chi connectivity index (χ1v) is 9.37. The molecule has 0 atom stereocenters. The van der Waals surface area contributed by atoms with Gasteiger partial charge in [-0.3, -0.25) is 18.8 Å². The lowest BCUT2D eigenvalue weighted by Crippen LogP contribution is -2.49. The predicted molar refractivity (Wildman–Crippen MR) is 107 cm³/mol. The summed E-state index contributed by atoms with van der Waals surface area (Å²) >= 11 is 0. The van der Waals surface area contributed by atoms with Crippen molar-refractivity contribution in [2.75, 3.05) is 44.2 Å². The van der Waals surface area contributed by atoms with Crippen molar-refractivity contribution in [2.24, 2.45) is 14.1 Å². The van der Waals surface area contributed by atoms with Gasteiger partial charge in [0, 0.05) is 52.9 Å². The van der Waals surface area contributed by atoms with Crippen molar-refractivity contribution in [1.29, 1.82) is 5.26 Å². The van der Waals surface area contributed by atoms with Gasteiger partial charge in [0.2, 0.25) is 0 Å². The molecule has 0 spiro atoms. The molecule has 0 bridgehead atoms. The highest BCUT2D eigenvalue weighted by Gasteiger charge is 2.20. The summed E-state index contributed by atoms with van der Waals surface area (Å²) in [5.74, 6) is 1.39. The molecule has 0 aliphatic carbocycles. The van der Waals surface area contributed by atoms with Crippen molar-refractivity contribution in [3.63, 3.8) is 0 Å². The first-order chi connectivity index (χ1) is 13.5. The Balaban J connectivity index is 1.47. The summed E-state index contributed by atoms with van der Waals surface area (Å²) in [5.41, 5.74) is 0.0134. The fourth-order valence-corrected chi connectivity index (χ4v) is 3.36. The number of piperazine rings is 1. The van der Waals surface area contributed by atoms with Gasteiger partial charge in [-0.2, -0.15) is 5.26 Å². The van der Waals surface area contributed by atoms with Crippen LogP contribution in [0, 0.1) is 11.3 Å². The molecule has 0 unspecified atom stereocenters. The largest absolute Gasteiger partial charge is 0.494 e. The van der Waals surface area contributed by atoms with Gasteiger partial charge >= 0.3 is 5.69 Å². The molecular weight excluding hydrogens is 358 g/mol. The van der Waals surface area contributed by atoms with Crippen LogP contribution in [0.3, 0.4) is 0 Å². The van der Waals surface area contributed by atoms with E-state index in [-0.39, 0.29) is 11.2 Å². The van der Waals surface area contributed by atoms with Gasteiger partial charge in [0.25, 0.3) is 5.56 Å². The highest BCUT2D eigenvalue weighted by molar-refractivity contribution is 5.39. The van der Waals surface area contributed by atoms with Crippen LogP contribution in [0.1, 0.15) is 12.0 Å². The van der Waals surface area contributed by atoms with E-state index in [1.54, 1.807) is 19.2 Å². The summed E-state index contributed by atoms with van der Waals surface area (Å²) in [5, 5.41) is 8.92. The molecule has 0 saturated carbocycles. The van der Waals surface area contributed by atoms with Crippen molar-refractivity contribution in [1.82, 2.24) is 14.0 Å². The number of anilines is 1. The van der Waals surface area contributed by atoms with Crippen molar-refractivity contribution in [2.45, 2.75) is 6.42 Å². The van der Waals surface area contributed by atoms with Gasteiger partial charge in [0.05, 0.1) is 18.2 Å². The highest BCUT2D eigenvalue weighted by Crippen LogP contribution is 2.14. The molecule has 0 N–H and O–H groups in total. The number of aromatic nitrogens is 2. The van der Waals surface area contributed by atoms with Crippen LogP contribution in [0.25, 0.3) is 0 Å². The molecule has 3 rings (SSSR count). The van der Waals surface area contributed by atoms with Crippen molar-refractivity contribution in [3.8, 4) is 11.8 Å². The van der Waals surface area contributed by atoms with Gasteiger partial charge in [-0.05, 0) is 24.6 Å². The lowest BCUT2D eigenvalue weighted by atomic mass is 10.2. The van der Waals surface area contributed by atoms with Crippen LogP contribution in [0.4, 0.5) is 5.82 Å². The minimum atomic E-state index is -0.303. The molecule has 148 valence electrons. The Morgan fingerprint density at radius 2 is 1.82 bits per heavy atom. The van der Waals surface area contributed by atoms with Crippen LogP contribution < -0.4 is 20.9 Å². The molecule has 8 nitrogen and oxygen atoms in total. The van der Waals surface area contributed by atoms with E-state index < -0.39 is 0 Å². The summed E-state index contributed by atoms with van der Waals surface area (Å²) in [6.45, 7) is 4.79. The van der Waals surface area contributed by atoms with Gasteiger partial charge in [-0.1, -0.05) is 6.07 Å². The second kappa shape index (κ2) is 8.76. The van der Waals surface area contributed by atoms with E-state index in [1.165, 1.54) is 17.7 Å². The Bertz CT molecular complexity index is 981. The maximum absolute atomic E-state index is 12.1. The fourth-order valence-electron chi connectivity index (χ4n) is 3.36. The van der Waals surface area contributed by atoms with E-state index in [0.29, 0.717) is 18.0 Å². The number of nitrogens with zero attached hydrogens (tertiary/aromatic N) is 5. The number of nitriles is 1. The maximum Gasteiger partial charge on any atom is 0.332 e. The standard InChI is InChI=1S/C20H25N5O3/c1-22-18(14-19(26)23(2)20(22)27)25-10-8-24(9-11-25)7-4-12-28-17-6-3-5-16(13-17)15-21/h3,5-6,13-14H,4,7-12H2,1-2H3. The van der Waals surface area contributed by atoms with Crippen LogP contribution in [0.2, 0.25) is 0 Å². The normalized spacial score (nSPS) is 14.7. The molecule has 1 aromatic carbocycles. The summed E-state index contributed by atoms with van der Waals surface area (Å²) in [7, 11) is 3.19. The second-order valence-corrected chi connectivity index (χ2v) is 6.91. The van der Waals surface area contributed by atoms with Crippen molar-refractivity contribution < 1.29 is 4.74 Å². The third-order valence-corrected chi connectivity index (χ3v) is 5.05. The maximum atomic E-state index is 12.1. The molecule has 2 aromatic rings. The van der Waals surface area contributed by atoms with Gasteiger partial charge in [0.15, 0.2) is 0 Å². The lowest BCUT2D eigenvalue weighted by molar-refractivity contribution is 0.224. The van der Waals surface area contributed by atoms with Crippen LogP contribution in [-0.4, -0.2) is 53.4 Å². The first-order valence-electron chi connectivity index (χ1n) is 9.37. The molecule has 8 heteroatoms. The van der Waals surface area contributed by atoms with Crippen LogP contribution >= 0.6 is 0 Å². The Hall–Kier alpha value is -3.05. The van der Waals surface area contributed by atoms with E-state index in [2.05, 4.69) is 15.9 Å². The first kappa shape index (κ1) is 19.7. The molecule has 1 aliphatic rings. The lowest BCUT2D eigenvalue weighted by Gasteiger charge is -2.36. The molecule has 2 heterocycles. The van der Waals surface area contributed by atoms with Gasteiger partial charge in [-0.15, -0.1) is 0 Å². The second-order valence-electron chi connectivity index (χ2n) is 6.91. The molecule has 0 amide bonds. The summed E-state index contributed by atoms with van der Waals surface area (Å²) in [6.07, 6.45) is 0.890. The summed E-state index contributed by atoms with van der Waals surface area (Å²) < 4.78 is 8.37. The monoisotopic (exact) mass is 383 g/mol. The fraction of sp³-hybridized carbons (Fsp3) is 0.450. The van der Waals surface area contributed by atoms with Gasteiger partial charge in [-0.25, -0.2) is 4.79 Å². The van der Waals surface area contributed by atoms with Crippen molar-refractivity contribution >= 4 is 5.82 Å². The number of ether oxygens (including phenoxy) is 1. The zero-order chi connectivity index (χ0) is 20.1. The van der Waals surface area contributed by atoms with Crippen LogP contribution in [-0.2, 0) is 14.1 Å². The highest BCUT2D eigenvalue weighted by atomic mass is 16.5. The molecule has 28 heavy (non-hydrogen) atoms. The Morgan fingerprint density at radius 3 is 2.54 bits per heavy atom. The van der Waals surface area contributed by atoms with Crippen molar-refractivity contribution in [3.05, 3.63) is 56.7 Å². The summed E-state index contributed by atoms with van der Waals surface area (Å²) in [4.78, 5) is 28.5. The Kier molecular flexibility index (Phi) is 6.16. The predicted octanol–water partition coefficient (Wildman–Crippen LogP) is 0.547. The molecule has 1 saturated heterocycles. The number of benzene rings is 1. The molecule has 1 aliphatic heterocycles. The number of hydrogen-bond acceptors (Lipinski definition) is 6. The Morgan fingerprint density at radius 1 is 1.07 bits per heavy atom. The minimum absolute atomic E-state index is 0.279. The molecule has 1 aromatic heterocycles. The third-order valence-electron chi connectivity index (χ3n) is 5.05. The van der Waals surface area contributed by atoms with Crippen LogP contribution in [0.15, 0.2) is 39.9 Å². The average molecular weight is 383 g/mol. The topological polar surface area (TPSA) is 83.5 Å². The zero-order valence-electron chi connectivity index (χ0n) is 16.3. The van der Waals surface area contributed by atoms with Crippen LogP contribution in [0.5, 0.6) is 5.75 Å². The number of rotatable bonds is 6. The molecule has 1 fully saturated rings. The molecule has 0 radical (unpaired) electrons. The van der Waals surface area contributed by atoms with Gasteiger partial charge < -0.3 is 9.64 Å². The molecular formula is C20H25N5O3. The van der Waals surface area contributed by atoms with E-state index in [0.717, 1.165) is 49.5 Å². The average Bonchev–Trinajstić information content (AvgIpc) is 2.73. The van der Waals surface area contributed by atoms with E-state index in [9.17, 15) is 9.59 Å². The smallest absolute Gasteiger partial charge is 0.332 e. The van der Waals surface area contributed by atoms with E-state index >= 15 is 0 Å². The SMILES string of the molecule is Cn1c(N2CCN(CCCOc3cccc(C#N)c3)CC2)cc(=O)n(C)c1=O. The minimum Gasteiger partial charge on any atom is -0.494 e. The quantitative estimate of drug-likeness (QED) is 0.678. The third kappa shape index (κ3) is 4.43. The van der Waals surface area contributed by atoms with Gasteiger partial charge in [0.1, 0.15) is 11.6 Å². The number of hydrogen-bond donors (Lipinski definition) is 0. The zero-order valence-corrected chi connectivity index (χ0v) is 16.3.